The molecule has 1 heterocycles. The fraction of sp³-hybridized carbons (Fsp3) is 0.154. The van der Waals surface area contributed by atoms with Crippen LogP contribution < -0.4 is 26.7 Å². The van der Waals surface area contributed by atoms with E-state index in [1.54, 1.807) is 0 Å². The summed E-state index contributed by atoms with van der Waals surface area (Å²) in [5.41, 5.74) is 0.730. The van der Waals surface area contributed by atoms with Crippen molar-refractivity contribution in [2.45, 2.75) is 0 Å². The molecule has 2 rings (SSSR count). The van der Waals surface area contributed by atoms with Gasteiger partial charge >= 0.3 is 11.4 Å². The Hall–Kier alpha value is -4.03. The third-order valence-corrected chi connectivity index (χ3v) is 2.93. The highest BCUT2D eigenvalue weighted by molar-refractivity contribution is 5.85. The maximum atomic E-state index is 11.6. The number of nitrogens with zero attached hydrogens (tertiary/aromatic N) is 3. The van der Waals surface area contributed by atoms with Gasteiger partial charge in [-0.1, -0.05) is 0 Å². The minimum Gasteiger partial charge on any atom is -0.490 e. The molecule has 0 aliphatic rings. The summed E-state index contributed by atoms with van der Waals surface area (Å²) in [4.78, 5) is 46.1. The Bertz CT molecular complexity index is 964. The zero-order chi connectivity index (χ0) is 19.1. The Balaban J connectivity index is 1.94. The number of nitrogens with one attached hydrogen (secondary N) is 4. The lowest BCUT2D eigenvalue weighted by Gasteiger charge is -2.03. The van der Waals surface area contributed by atoms with Crippen molar-refractivity contribution in [3.05, 3.63) is 54.7 Å². The van der Waals surface area contributed by atoms with Crippen LogP contribution in [-0.4, -0.2) is 45.9 Å². The minimum absolute atomic E-state index is 0.0963. The molecule has 0 fully saturated rings. The van der Waals surface area contributed by atoms with E-state index in [4.69, 9.17) is 4.74 Å². The number of hydrogen-bond acceptors (Lipinski definition) is 9. The van der Waals surface area contributed by atoms with Crippen molar-refractivity contribution in [2.24, 2.45) is 5.10 Å². The van der Waals surface area contributed by atoms with Gasteiger partial charge in [0, 0.05) is 11.6 Å². The van der Waals surface area contributed by atoms with Crippen LogP contribution in [0.2, 0.25) is 0 Å². The van der Waals surface area contributed by atoms with Crippen molar-refractivity contribution in [1.29, 1.82) is 0 Å². The molecular weight excluding hydrogens is 350 g/mol. The van der Waals surface area contributed by atoms with Gasteiger partial charge in [-0.15, -0.1) is 5.10 Å². The molecule has 0 atom stereocenters. The Labute approximate surface area is 144 Å². The number of nitro groups is 1. The van der Waals surface area contributed by atoms with Crippen LogP contribution in [-0.2, 0) is 4.79 Å². The molecule has 0 unspecified atom stereocenters. The second-order valence-corrected chi connectivity index (χ2v) is 4.69. The second-order valence-electron chi connectivity index (χ2n) is 4.69. The van der Waals surface area contributed by atoms with Crippen LogP contribution in [0.25, 0.3) is 0 Å². The Morgan fingerprint density at radius 3 is 2.88 bits per heavy atom. The molecule has 0 saturated heterocycles. The van der Waals surface area contributed by atoms with Crippen molar-refractivity contribution in [2.75, 3.05) is 19.0 Å². The molecule has 0 aliphatic carbocycles. The fourth-order valence-electron chi connectivity index (χ4n) is 1.78. The monoisotopic (exact) mass is 363 g/mol. The molecule has 2 aromatic rings. The lowest BCUT2D eigenvalue weighted by atomic mass is 10.2. The summed E-state index contributed by atoms with van der Waals surface area (Å²) in [6.07, 6.45) is 1.20. The van der Waals surface area contributed by atoms with E-state index >= 15 is 0 Å². The Morgan fingerprint density at radius 2 is 2.23 bits per heavy atom. The van der Waals surface area contributed by atoms with Crippen molar-refractivity contribution < 1.29 is 14.5 Å². The van der Waals surface area contributed by atoms with Crippen molar-refractivity contribution in [1.82, 2.24) is 20.6 Å². The van der Waals surface area contributed by atoms with E-state index in [9.17, 15) is 24.5 Å². The number of nitro benzene ring substituents is 1. The molecule has 0 spiro atoms. The van der Waals surface area contributed by atoms with Crippen LogP contribution in [0.5, 0.6) is 5.75 Å². The maximum absolute atomic E-state index is 11.6. The molecule has 4 N–H and O–H groups in total. The third kappa shape index (κ3) is 4.73. The highest BCUT2D eigenvalue weighted by atomic mass is 16.6. The first-order chi connectivity index (χ1) is 12.4. The number of ether oxygens (including phenoxy) is 1. The van der Waals surface area contributed by atoms with Crippen LogP contribution in [0, 0.1) is 10.1 Å². The van der Waals surface area contributed by atoms with Gasteiger partial charge in [0.05, 0.1) is 24.8 Å². The van der Waals surface area contributed by atoms with Gasteiger partial charge in [-0.25, -0.2) is 15.3 Å². The van der Waals surface area contributed by atoms with E-state index in [1.807, 2.05) is 10.1 Å². The van der Waals surface area contributed by atoms with E-state index in [0.717, 1.165) is 0 Å². The molecule has 26 heavy (non-hydrogen) atoms. The lowest BCUT2D eigenvalue weighted by molar-refractivity contribution is -0.385. The van der Waals surface area contributed by atoms with E-state index < -0.39 is 22.1 Å². The minimum atomic E-state index is -0.782. The number of anilines is 1. The molecule has 0 radical (unpaired) electrons. The first-order valence-corrected chi connectivity index (χ1v) is 6.98. The average molecular weight is 363 g/mol. The van der Waals surface area contributed by atoms with Gasteiger partial charge in [-0.3, -0.25) is 24.7 Å². The molecule has 136 valence electrons. The SMILES string of the molecule is COc1ccc(C=NNC(=O)CNc2n[nH]c(=O)[nH]c2=O)cc1[N+](=O)[O-]. The number of rotatable bonds is 7. The van der Waals surface area contributed by atoms with Crippen LogP contribution in [0.4, 0.5) is 11.5 Å². The summed E-state index contributed by atoms with van der Waals surface area (Å²) >= 11 is 0. The predicted molar refractivity (Wildman–Crippen MR) is 89.4 cm³/mol. The van der Waals surface area contributed by atoms with Gasteiger partial charge in [0.2, 0.25) is 5.82 Å². The number of H-pyrrole nitrogens is 2. The first kappa shape index (κ1) is 18.3. The molecule has 1 aromatic heterocycles. The maximum Gasteiger partial charge on any atom is 0.342 e. The van der Waals surface area contributed by atoms with E-state index in [2.05, 4.69) is 20.9 Å². The summed E-state index contributed by atoms with van der Waals surface area (Å²) in [5.74, 6) is -0.759. The van der Waals surface area contributed by atoms with Crippen LogP contribution in [0.15, 0.2) is 32.9 Å². The van der Waals surface area contributed by atoms with Crippen molar-refractivity contribution in [3.8, 4) is 5.75 Å². The zero-order valence-electron chi connectivity index (χ0n) is 13.3. The number of hydrazone groups is 1. The Morgan fingerprint density at radius 1 is 1.46 bits per heavy atom. The van der Waals surface area contributed by atoms with Crippen LogP contribution in [0.1, 0.15) is 5.56 Å². The van der Waals surface area contributed by atoms with E-state index in [1.165, 1.54) is 31.5 Å². The summed E-state index contributed by atoms with van der Waals surface area (Å²) in [7, 11) is 1.31. The largest absolute Gasteiger partial charge is 0.490 e. The zero-order valence-corrected chi connectivity index (χ0v) is 13.3. The molecule has 0 bridgehead atoms. The fourth-order valence-corrected chi connectivity index (χ4v) is 1.78. The van der Waals surface area contributed by atoms with E-state index in [-0.39, 0.29) is 23.8 Å². The molecule has 1 amide bonds. The number of hydrogen-bond donors (Lipinski definition) is 4. The standard InChI is InChI=1S/C13H13N7O6/c1-26-9-3-2-7(4-8(9)20(24)25)5-15-17-10(21)6-14-11-12(22)16-13(23)19-18-11/h2-5H,6H2,1H3,(H,14,18)(H,17,21)(H2,16,19,22,23). The molecule has 1 aromatic carbocycles. The van der Waals surface area contributed by atoms with Gasteiger partial charge in [-0.05, 0) is 12.1 Å². The van der Waals surface area contributed by atoms with Gasteiger partial charge in [0.25, 0.3) is 11.5 Å². The van der Waals surface area contributed by atoms with Gasteiger partial charge in [0.15, 0.2) is 5.75 Å². The summed E-state index contributed by atoms with van der Waals surface area (Å²) in [6.45, 7) is -0.345. The third-order valence-electron chi connectivity index (χ3n) is 2.93. The normalized spacial score (nSPS) is 10.5. The van der Waals surface area contributed by atoms with Gasteiger partial charge < -0.3 is 10.1 Å². The topological polar surface area (TPSA) is 184 Å². The molecule has 0 aliphatic heterocycles. The molecular formula is C13H13N7O6. The molecule has 0 saturated carbocycles. The highest BCUT2D eigenvalue weighted by Crippen LogP contribution is 2.26. The number of carbonyl (C=O) groups is 1. The summed E-state index contributed by atoms with van der Waals surface area (Å²) in [6, 6.07) is 4.15. The lowest BCUT2D eigenvalue weighted by Crippen LogP contribution is -2.31. The van der Waals surface area contributed by atoms with Crippen molar-refractivity contribution in [3.63, 3.8) is 0 Å². The number of amides is 1. The Kier molecular flexibility index (Phi) is 5.76. The van der Waals surface area contributed by atoms with Crippen LogP contribution >= 0.6 is 0 Å². The van der Waals surface area contributed by atoms with Crippen LogP contribution in [0.3, 0.4) is 0 Å². The smallest absolute Gasteiger partial charge is 0.342 e. The number of methoxy groups -OCH3 is 1. The predicted octanol–water partition coefficient (Wildman–Crippen LogP) is -1.06. The molecule has 13 heteroatoms. The highest BCUT2D eigenvalue weighted by Gasteiger charge is 2.14. The number of aromatic nitrogens is 3. The van der Waals surface area contributed by atoms with Gasteiger partial charge in [-0.2, -0.15) is 5.10 Å². The number of carbonyl (C=O) groups excluding carboxylic acids is 1. The van der Waals surface area contributed by atoms with Crippen molar-refractivity contribution >= 4 is 23.6 Å². The molecule has 13 nitrogen and oxygen atoms in total. The summed E-state index contributed by atoms with van der Waals surface area (Å²) < 4.78 is 4.88. The number of benzene rings is 1. The first-order valence-electron chi connectivity index (χ1n) is 6.98. The second kappa shape index (κ2) is 8.18. The average Bonchev–Trinajstić information content (AvgIpc) is 2.60. The van der Waals surface area contributed by atoms with Gasteiger partial charge in [0.1, 0.15) is 0 Å². The van der Waals surface area contributed by atoms with E-state index in [0.29, 0.717) is 5.56 Å². The number of aromatic amines is 2. The quantitative estimate of drug-likeness (QED) is 0.272. The summed E-state index contributed by atoms with van der Waals surface area (Å²) in [5, 5.41) is 22.4.